The molecular weight excluding hydrogens is 206 g/mol. The summed E-state index contributed by atoms with van der Waals surface area (Å²) in [4.78, 5) is 11.2. The first kappa shape index (κ1) is 11.2. The number of ether oxygens (including phenoxy) is 1. The van der Waals surface area contributed by atoms with Crippen molar-refractivity contribution in [2.24, 2.45) is 7.05 Å². The molecule has 2 heterocycles. The van der Waals surface area contributed by atoms with Crippen molar-refractivity contribution in [2.75, 3.05) is 13.2 Å². The minimum Gasteiger partial charge on any atom is -0.477 e. The van der Waals surface area contributed by atoms with Gasteiger partial charge in [0.15, 0.2) is 0 Å². The summed E-state index contributed by atoms with van der Waals surface area (Å²) in [5.41, 5.74) is 2.40. The maximum Gasteiger partial charge on any atom is 0.352 e. The topological polar surface area (TPSA) is 51.5 Å². The molecule has 0 atom stereocenters. The van der Waals surface area contributed by atoms with Gasteiger partial charge in [-0.15, -0.1) is 0 Å². The van der Waals surface area contributed by atoms with Crippen LogP contribution < -0.4 is 0 Å². The molecule has 0 aromatic carbocycles. The average molecular weight is 223 g/mol. The Bertz CT molecular complexity index is 403. The SMILES string of the molecule is Cc1cc(C2CCOCC2)c(C(=O)O)n1C. The molecule has 0 saturated carbocycles. The molecule has 1 aromatic heterocycles. The van der Waals surface area contributed by atoms with Gasteiger partial charge < -0.3 is 14.4 Å². The molecule has 0 amide bonds. The Balaban J connectivity index is 2.38. The highest BCUT2D eigenvalue weighted by Gasteiger charge is 2.25. The number of aryl methyl sites for hydroxylation is 1. The number of carboxylic acids is 1. The Kier molecular flexibility index (Phi) is 3.01. The molecule has 1 N–H and O–H groups in total. The van der Waals surface area contributed by atoms with Crippen molar-refractivity contribution in [2.45, 2.75) is 25.7 Å². The lowest BCUT2D eigenvalue weighted by molar-refractivity contribution is 0.0674. The fourth-order valence-electron chi connectivity index (χ4n) is 2.35. The van der Waals surface area contributed by atoms with Gasteiger partial charge in [-0.25, -0.2) is 4.79 Å². The van der Waals surface area contributed by atoms with E-state index < -0.39 is 5.97 Å². The molecule has 0 radical (unpaired) electrons. The summed E-state index contributed by atoms with van der Waals surface area (Å²) in [5.74, 6) is -0.503. The lowest BCUT2D eigenvalue weighted by Gasteiger charge is -2.22. The zero-order valence-corrected chi connectivity index (χ0v) is 9.69. The molecule has 88 valence electrons. The van der Waals surface area contributed by atoms with Crippen LogP contribution in [0.1, 0.15) is 40.5 Å². The van der Waals surface area contributed by atoms with Crippen LogP contribution in [-0.2, 0) is 11.8 Å². The molecule has 2 rings (SSSR count). The first-order valence-corrected chi connectivity index (χ1v) is 5.58. The van der Waals surface area contributed by atoms with E-state index in [0.717, 1.165) is 37.3 Å². The Morgan fingerprint density at radius 2 is 2.12 bits per heavy atom. The fraction of sp³-hybridized carbons (Fsp3) is 0.583. The molecule has 16 heavy (non-hydrogen) atoms. The molecule has 1 aliphatic rings. The van der Waals surface area contributed by atoms with Gasteiger partial charge in [-0.05, 0) is 37.3 Å². The van der Waals surface area contributed by atoms with Gasteiger partial charge in [0.1, 0.15) is 5.69 Å². The first-order valence-electron chi connectivity index (χ1n) is 5.58. The summed E-state index contributed by atoms with van der Waals surface area (Å²) in [6.07, 6.45) is 1.84. The number of hydrogen-bond donors (Lipinski definition) is 1. The first-order chi connectivity index (χ1) is 7.61. The van der Waals surface area contributed by atoms with Gasteiger partial charge in [-0.2, -0.15) is 0 Å². The maximum absolute atomic E-state index is 11.2. The summed E-state index contributed by atoms with van der Waals surface area (Å²) >= 11 is 0. The summed E-state index contributed by atoms with van der Waals surface area (Å²) in [5, 5.41) is 9.24. The molecule has 1 aliphatic heterocycles. The largest absolute Gasteiger partial charge is 0.477 e. The minimum absolute atomic E-state index is 0.333. The number of carbonyl (C=O) groups is 1. The smallest absolute Gasteiger partial charge is 0.352 e. The number of carboxylic acid groups (broad SMARTS) is 1. The van der Waals surface area contributed by atoms with E-state index >= 15 is 0 Å². The van der Waals surface area contributed by atoms with E-state index in [1.54, 1.807) is 4.57 Å². The highest BCUT2D eigenvalue weighted by molar-refractivity contribution is 5.88. The van der Waals surface area contributed by atoms with Crippen LogP contribution in [0.2, 0.25) is 0 Å². The molecule has 0 spiro atoms. The Hall–Kier alpha value is -1.29. The molecule has 4 heteroatoms. The van der Waals surface area contributed by atoms with Crippen LogP contribution in [0.3, 0.4) is 0 Å². The second-order valence-corrected chi connectivity index (χ2v) is 4.34. The summed E-state index contributed by atoms with van der Waals surface area (Å²) in [7, 11) is 1.81. The van der Waals surface area contributed by atoms with Crippen LogP contribution in [0.4, 0.5) is 0 Å². The van der Waals surface area contributed by atoms with E-state index in [1.165, 1.54) is 0 Å². The number of hydrogen-bond acceptors (Lipinski definition) is 2. The third kappa shape index (κ3) is 1.85. The van der Waals surface area contributed by atoms with Gasteiger partial charge in [0.2, 0.25) is 0 Å². The fourth-order valence-corrected chi connectivity index (χ4v) is 2.35. The van der Waals surface area contributed by atoms with Crippen molar-refractivity contribution in [3.05, 3.63) is 23.0 Å². The second-order valence-electron chi connectivity index (χ2n) is 4.34. The Labute approximate surface area is 94.8 Å². The summed E-state index contributed by atoms with van der Waals surface area (Å²) < 4.78 is 7.06. The van der Waals surface area contributed by atoms with E-state index in [2.05, 4.69) is 0 Å². The minimum atomic E-state index is -0.836. The maximum atomic E-state index is 11.2. The normalized spacial score (nSPS) is 17.6. The van der Waals surface area contributed by atoms with Gasteiger partial charge in [0.25, 0.3) is 0 Å². The van der Waals surface area contributed by atoms with E-state index in [9.17, 15) is 9.90 Å². The van der Waals surface area contributed by atoms with Crippen LogP contribution in [0.5, 0.6) is 0 Å². The number of aromatic nitrogens is 1. The third-order valence-electron chi connectivity index (χ3n) is 3.37. The molecule has 1 fully saturated rings. The quantitative estimate of drug-likeness (QED) is 0.833. The van der Waals surface area contributed by atoms with Crippen molar-refractivity contribution in [3.8, 4) is 0 Å². The Morgan fingerprint density at radius 3 is 2.69 bits per heavy atom. The van der Waals surface area contributed by atoms with Crippen LogP contribution in [0, 0.1) is 6.92 Å². The van der Waals surface area contributed by atoms with Gasteiger partial charge in [-0.3, -0.25) is 0 Å². The second kappa shape index (κ2) is 4.29. The van der Waals surface area contributed by atoms with E-state index in [-0.39, 0.29) is 0 Å². The van der Waals surface area contributed by atoms with Gasteiger partial charge in [0.05, 0.1) is 0 Å². The van der Waals surface area contributed by atoms with Crippen LogP contribution >= 0.6 is 0 Å². The lowest BCUT2D eigenvalue weighted by Crippen LogP contribution is -2.17. The zero-order chi connectivity index (χ0) is 11.7. The Morgan fingerprint density at radius 1 is 1.50 bits per heavy atom. The van der Waals surface area contributed by atoms with Crippen LogP contribution in [-0.4, -0.2) is 28.9 Å². The van der Waals surface area contributed by atoms with Crippen LogP contribution in [0.25, 0.3) is 0 Å². The highest BCUT2D eigenvalue weighted by atomic mass is 16.5. The standard InChI is InChI=1S/C12H17NO3/c1-8-7-10(9-3-5-16-6-4-9)11(12(14)15)13(8)2/h7,9H,3-6H2,1-2H3,(H,14,15). The number of rotatable bonds is 2. The van der Waals surface area contributed by atoms with E-state index in [1.807, 2.05) is 20.0 Å². The predicted molar refractivity (Wildman–Crippen MR) is 59.9 cm³/mol. The van der Waals surface area contributed by atoms with Crippen molar-refractivity contribution in [1.29, 1.82) is 0 Å². The predicted octanol–water partition coefficient (Wildman–Crippen LogP) is 1.93. The van der Waals surface area contributed by atoms with Crippen molar-refractivity contribution in [3.63, 3.8) is 0 Å². The van der Waals surface area contributed by atoms with Crippen molar-refractivity contribution >= 4 is 5.97 Å². The van der Waals surface area contributed by atoms with E-state index in [4.69, 9.17) is 4.74 Å². The number of nitrogens with zero attached hydrogens (tertiary/aromatic N) is 1. The van der Waals surface area contributed by atoms with Crippen LogP contribution in [0.15, 0.2) is 6.07 Å². The van der Waals surface area contributed by atoms with Gasteiger partial charge in [0, 0.05) is 26.0 Å². The number of aromatic carboxylic acids is 1. The van der Waals surface area contributed by atoms with Gasteiger partial charge >= 0.3 is 5.97 Å². The molecular formula is C12H17NO3. The molecule has 4 nitrogen and oxygen atoms in total. The molecule has 0 aliphatic carbocycles. The molecule has 0 unspecified atom stereocenters. The summed E-state index contributed by atoms with van der Waals surface area (Å²) in [6.45, 7) is 3.41. The lowest BCUT2D eigenvalue weighted by atomic mass is 9.91. The molecule has 1 aromatic rings. The van der Waals surface area contributed by atoms with Crippen molar-refractivity contribution < 1.29 is 14.6 Å². The monoisotopic (exact) mass is 223 g/mol. The molecule has 0 bridgehead atoms. The van der Waals surface area contributed by atoms with Gasteiger partial charge in [-0.1, -0.05) is 0 Å². The summed E-state index contributed by atoms with van der Waals surface area (Å²) in [6, 6.07) is 2.00. The molecule has 1 saturated heterocycles. The zero-order valence-electron chi connectivity index (χ0n) is 9.69. The van der Waals surface area contributed by atoms with Crippen molar-refractivity contribution in [1.82, 2.24) is 4.57 Å². The highest BCUT2D eigenvalue weighted by Crippen LogP contribution is 2.31. The third-order valence-corrected chi connectivity index (χ3v) is 3.37. The van der Waals surface area contributed by atoms with E-state index in [0.29, 0.717) is 11.6 Å². The average Bonchev–Trinajstić information content (AvgIpc) is 2.57.